The molecule has 6 nitrogen and oxygen atoms in total. The maximum Gasteiger partial charge on any atom is 0.321 e. The summed E-state index contributed by atoms with van der Waals surface area (Å²) in [6, 6.07) is 0.326. The lowest BCUT2D eigenvalue weighted by molar-refractivity contribution is -0.139. The van der Waals surface area contributed by atoms with Crippen molar-refractivity contribution in [2.24, 2.45) is 13.0 Å². The van der Waals surface area contributed by atoms with Crippen LogP contribution in [0.4, 0.5) is 0 Å². The van der Waals surface area contributed by atoms with Gasteiger partial charge in [0.1, 0.15) is 6.04 Å². The standard InChI is InChI=1S/C11H18N2O4S/c1-8(2)6-10(11(14)15)12-18(16,17)9-4-5-13(3)7-9/h4-5,7-8,10,12H,6H2,1-3H3,(H,14,15)/t10-/m0/s1. The van der Waals surface area contributed by atoms with Crippen LogP contribution in [-0.2, 0) is 21.9 Å². The van der Waals surface area contributed by atoms with E-state index in [1.807, 2.05) is 13.8 Å². The van der Waals surface area contributed by atoms with Crippen LogP contribution in [0.25, 0.3) is 0 Å². The quantitative estimate of drug-likeness (QED) is 0.803. The summed E-state index contributed by atoms with van der Waals surface area (Å²) < 4.78 is 27.7. The third-order valence-electron chi connectivity index (χ3n) is 2.42. The predicted molar refractivity (Wildman–Crippen MR) is 66.6 cm³/mol. The zero-order valence-electron chi connectivity index (χ0n) is 10.6. The second-order valence-corrected chi connectivity index (χ2v) is 6.37. The van der Waals surface area contributed by atoms with E-state index in [0.29, 0.717) is 0 Å². The number of aryl methyl sites for hydroxylation is 1. The molecular weight excluding hydrogens is 256 g/mol. The van der Waals surface area contributed by atoms with Crippen molar-refractivity contribution >= 4 is 16.0 Å². The zero-order chi connectivity index (χ0) is 13.9. The minimum atomic E-state index is -3.78. The molecule has 1 heterocycles. The van der Waals surface area contributed by atoms with Gasteiger partial charge in [-0.1, -0.05) is 13.8 Å². The summed E-state index contributed by atoms with van der Waals surface area (Å²) in [6.07, 6.45) is 3.27. The summed E-state index contributed by atoms with van der Waals surface area (Å²) in [4.78, 5) is 11.1. The summed E-state index contributed by atoms with van der Waals surface area (Å²) in [7, 11) is -2.08. The van der Waals surface area contributed by atoms with Crippen LogP contribution in [0.1, 0.15) is 20.3 Å². The highest BCUT2D eigenvalue weighted by Gasteiger charge is 2.26. The molecule has 102 valence electrons. The lowest BCUT2D eigenvalue weighted by atomic mass is 10.1. The first-order valence-corrected chi connectivity index (χ1v) is 7.08. The van der Waals surface area contributed by atoms with Crippen molar-refractivity contribution in [1.29, 1.82) is 0 Å². The van der Waals surface area contributed by atoms with Gasteiger partial charge in [0.05, 0.1) is 4.90 Å². The smallest absolute Gasteiger partial charge is 0.321 e. The number of carbonyl (C=O) groups is 1. The molecule has 0 radical (unpaired) electrons. The lowest BCUT2D eigenvalue weighted by Crippen LogP contribution is -2.41. The number of carboxylic acid groups (broad SMARTS) is 1. The third kappa shape index (κ3) is 3.85. The van der Waals surface area contributed by atoms with E-state index in [0.717, 1.165) is 0 Å². The molecule has 7 heteroatoms. The van der Waals surface area contributed by atoms with Crippen molar-refractivity contribution in [1.82, 2.24) is 9.29 Å². The van der Waals surface area contributed by atoms with Gasteiger partial charge in [0.25, 0.3) is 0 Å². The van der Waals surface area contributed by atoms with Gasteiger partial charge < -0.3 is 9.67 Å². The minimum absolute atomic E-state index is 0.0695. The van der Waals surface area contributed by atoms with Crippen LogP contribution in [0.15, 0.2) is 23.4 Å². The summed E-state index contributed by atoms with van der Waals surface area (Å²) >= 11 is 0. The molecule has 0 saturated heterocycles. The lowest BCUT2D eigenvalue weighted by Gasteiger charge is -2.15. The maximum absolute atomic E-state index is 12.0. The van der Waals surface area contributed by atoms with Gasteiger partial charge in [-0.3, -0.25) is 4.79 Å². The monoisotopic (exact) mass is 274 g/mol. The van der Waals surface area contributed by atoms with Crippen LogP contribution in [0, 0.1) is 5.92 Å². The Morgan fingerprint density at radius 2 is 2.11 bits per heavy atom. The molecule has 1 aromatic heterocycles. The van der Waals surface area contributed by atoms with Crippen LogP contribution >= 0.6 is 0 Å². The molecule has 0 aliphatic carbocycles. The fourth-order valence-electron chi connectivity index (χ4n) is 1.56. The normalized spacial score (nSPS) is 13.8. The second-order valence-electron chi connectivity index (χ2n) is 4.65. The van der Waals surface area contributed by atoms with Gasteiger partial charge in [0.15, 0.2) is 0 Å². The summed E-state index contributed by atoms with van der Waals surface area (Å²) in [5, 5.41) is 9.01. The fourth-order valence-corrected chi connectivity index (χ4v) is 2.82. The number of aromatic nitrogens is 1. The van der Waals surface area contributed by atoms with Gasteiger partial charge >= 0.3 is 5.97 Å². The van der Waals surface area contributed by atoms with Gasteiger partial charge in [-0.15, -0.1) is 0 Å². The number of hydrogen-bond acceptors (Lipinski definition) is 3. The molecular formula is C11H18N2O4S. The number of nitrogens with zero attached hydrogens (tertiary/aromatic N) is 1. The SMILES string of the molecule is CC(C)C[C@H](NS(=O)(=O)c1ccn(C)c1)C(=O)O. The van der Waals surface area contributed by atoms with Crippen LogP contribution in [0.3, 0.4) is 0 Å². The van der Waals surface area contributed by atoms with E-state index in [1.54, 1.807) is 17.8 Å². The Kier molecular flexibility index (Phi) is 4.53. The number of hydrogen-bond donors (Lipinski definition) is 2. The summed E-state index contributed by atoms with van der Waals surface area (Å²) in [5.74, 6) is -1.08. The van der Waals surface area contributed by atoms with Gasteiger partial charge in [0, 0.05) is 19.4 Å². The molecule has 0 saturated carbocycles. The number of nitrogens with one attached hydrogen (secondary N) is 1. The molecule has 0 aromatic carbocycles. The van der Waals surface area contributed by atoms with Crippen molar-refractivity contribution in [3.8, 4) is 0 Å². The molecule has 0 fully saturated rings. The molecule has 2 N–H and O–H groups in total. The highest BCUT2D eigenvalue weighted by molar-refractivity contribution is 7.89. The van der Waals surface area contributed by atoms with E-state index >= 15 is 0 Å². The predicted octanol–water partition coefficient (Wildman–Crippen LogP) is 0.803. The highest BCUT2D eigenvalue weighted by atomic mass is 32.2. The van der Waals surface area contributed by atoms with Gasteiger partial charge in [0.2, 0.25) is 10.0 Å². The maximum atomic E-state index is 12.0. The molecule has 0 aliphatic heterocycles. The van der Waals surface area contributed by atoms with E-state index in [1.165, 1.54) is 12.3 Å². The highest BCUT2D eigenvalue weighted by Crippen LogP contribution is 2.12. The molecule has 1 aromatic rings. The Morgan fingerprint density at radius 3 is 2.50 bits per heavy atom. The molecule has 0 unspecified atom stereocenters. The van der Waals surface area contributed by atoms with Crippen molar-refractivity contribution in [2.75, 3.05) is 0 Å². The molecule has 0 aliphatic rings. The Morgan fingerprint density at radius 1 is 1.50 bits per heavy atom. The summed E-state index contributed by atoms with van der Waals surface area (Å²) in [5.41, 5.74) is 0. The number of aliphatic carboxylic acids is 1. The Labute approximate surface area is 107 Å². The third-order valence-corrected chi connectivity index (χ3v) is 3.87. The average Bonchev–Trinajstić information content (AvgIpc) is 2.63. The summed E-state index contributed by atoms with van der Waals surface area (Å²) in [6.45, 7) is 3.68. The van der Waals surface area contributed by atoms with Crippen LogP contribution < -0.4 is 4.72 Å². The van der Waals surface area contributed by atoms with E-state index in [-0.39, 0.29) is 17.2 Å². The van der Waals surface area contributed by atoms with Gasteiger partial charge in [-0.2, -0.15) is 4.72 Å². The zero-order valence-corrected chi connectivity index (χ0v) is 11.4. The van der Waals surface area contributed by atoms with Crippen LogP contribution in [0.2, 0.25) is 0 Å². The van der Waals surface area contributed by atoms with E-state index in [9.17, 15) is 13.2 Å². The first kappa shape index (κ1) is 14.7. The van der Waals surface area contributed by atoms with Crippen molar-refractivity contribution < 1.29 is 18.3 Å². The Bertz CT molecular complexity index is 519. The largest absolute Gasteiger partial charge is 0.480 e. The van der Waals surface area contributed by atoms with E-state index in [4.69, 9.17) is 5.11 Å². The minimum Gasteiger partial charge on any atom is -0.480 e. The van der Waals surface area contributed by atoms with Crippen molar-refractivity contribution in [3.05, 3.63) is 18.5 Å². The van der Waals surface area contributed by atoms with Crippen LogP contribution in [-0.4, -0.2) is 30.1 Å². The fraction of sp³-hybridized carbons (Fsp3) is 0.545. The average molecular weight is 274 g/mol. The molecule has 0 spiro atoms. The number of carboxylic acids is 1. The van der Waals surface area contributed by atoms with Crippen LogP contribution in [0.5, 0.6) is 0 Å². The van der Waals surface area contributed by atoms with E-state index < -0.39 is 22.0 Å². The molecule has 1 atom stereocenters. The first-order chi connectivity index (χ1) is 8.22. The number of sulfonamides is 1. The van der Waals surface area contributed by atoms with E-state index in [2.05, 4.69) is 4.72 Å². The van der Waals surface area contributed by atoms with Gasteiger partial charge in [-0.25, -0.2) is 8.42 Å². The molecule has 1 rings (SSSR count). The second kappa shape index (κ2) is 5.53. The number of rotatable bonds is 6. The topological polar surface area (TPSA) is 88.4 Å². The molecule has 18 heavy (non-hydrogen) atoms. The first-order valence-electron chi connectivity index (χ1n) is 5.59. The van der Waals surface area contributed by atoms with Gasteiger partial charge in [-0.05, 0) is 18.4 Å². The molecule has 0 amide bonds. The van der Waals surface area contributed by atoms with Crippen molar-refractivity contribution in [2.45, 2.75) is 31.2 Å². The van der Waals surface area contributed by atoms with Crippen molar-refractivity contribution in [3.63, 3.8) is 0 Å². The molecule has 0 bridgehead atoms. The Balaban J connectivity index is 2.89. The Hall–Kier alpha value is -1.34.